The second-order valence-electron chi connectivity index (χ2n) is 9.96. The maximum atomic E-state index is 12.5. The van der Waals surface area contributed by atoms with Crippen LogP contribution >= 0.6 is 0 Å². The van der Waals surface area contributed by atoms with Gasteiger partial charge in [0.1, 0.15) is 11.6 Å². The smallest absolute Gasteiger partial charge is 0.329 e. The minimum atomic E-state index is -0.800. The van der Waals surface area contributed by atoms with Crippen LogP contribution in [0.2, 0.25) is 0 Å². The minimum Gasteiger partial charge on any atom is -0.466 e. The number of ether oxygens (including phenoxy) is 3. The van der Waals surface area contributed by atoms with E-state index in [1.165, 1.54) is 51.4 Å². The van der Waals surface area contributed by atoms with Gasteiger partial charge in [-0.25, -0.2) is 4.79 Å². The predicted octanol–water partition coefficient (Wildman–Crippen LogP) is 5.87. The molecule has 1 N–H and O–H groups in total. The van der Waals surface area contributed by atoms with Gasteiger partial charge in [0, 0.05) is 26.1 Å². The maximum Gasteiger partial charge on any atom is 0.329 e. The topological polar surface area (TPSA) is 90.9 Å². The van der Waals surface area contributed by atoms with Gasteiger partial charge < -0.3 is 19.5 Å². The number of hydrogen-bond acceptors (Lipinski definition) is 6. The van der Waals surface area contributed by atoms with Gasteiger partial charge in [0.15, 0.2) is 0 Å². The summed E-state index contributed by atoms with van der Waals surface area (Å²) in [6, 6.07) is -0.800. The van der Waals surface area contributed by atoms with Crippen molar-refractivity contribution in [3.8, 4) is 0 Å². The first kappa shape index (κ1) is 32.4. The Morgan fingerprint density at radius 1 is 0.735 bits per heavy atom. The summed E-state index contributed by atoms with van der Waals surface area (Å²) < 4.78 is 16.1. The fourth-order valence-corrected chi connectivity index (χ4v) is 3.39. The molecule has 0 spiro atoms. The van der Waals surface area contributed by atoms with Crippen molar-refractivity contribution in [1.29, 1.82) is 0 Å². The van der Waals surface area contributed by atoms with Crippen LogP contribution in [0.1, 0.15) is 125 Å². The van der Waals surface area contributed by atoms with E-state index in [1.54, 1.807) is 20.8 Å². The predicted molar refractivity (Wildman–Crippen MR) is 136 cm³/mol. The third-order valence-electron chi connectivity index (χ3n) is 5.24. The third kappa shape index (κ3) is 20.9. The summed E-state index contributed by atoms with van der Waals surface area (Å²) >= 11 is 0. The fraction of sp³-hybridized carbons (Fsp3) is 0.889. The van der Waals surface area contributed by atoms with E-state index < -0.39 is 23.6 Å². The first-order valence-electron chi connectivity index (χ1n) is 13.4. The highest BCUT2D eigenvalue weighted by Crippen LogP contribution is 2.12. The molecular weight excluding hydrogens is 434 g/mol. The van der Waals surface area contributed by atoms with Crippen molar-refractivity contribution in [2.24, 2.45) is 0 Å². The van der Waals surface area contributed by atoms with Crippen molar-refractivity contribution in [3.05, 3.63) is 0 Å². The number of unbranched alkanes of at least 4 members (excludes halogenated alkanes) is 9. The quantitative estimate of drug-likeness (QED) is 0.161. The van der Waals surface area contributed by atoms with E-state index in [-0.39, 0.29) is 18.7 Å². The van der Waals surface area contributed by atoms with Gasteiger partial charge >= 0.3 is 11.9 Å². The van der Waals surface area contributed by atoms with E-state index in [9.17, 15) is 14.4 Å². The molecule has 0 fully saturated rings. The van der Waals surface area contributed by atoms with Crippen LogP contribution in [0.5, 0.6) is 0 Å². The molecule has 1 amide bonds. The van der Waals surface area contributed by atoms with Crippen LogP contribution in [-0.2, 0) is 28.6 Å². The Hall–Kier alpha value is -1.63. The summed E-state index contributed by atoms with van der Waals surface area (Å²) in [6.07, 6.45) is 13.7. The summed E-state index contributed by atoms with van der Waals surface area (Å²) in [5.74, 6) is -1.28. The Morgan fingerprint density at radius 2 is 1.32 bits per heavy atom. The van der Waals surface area contributed by atoms with Crippen LogP contribution in [0.15, 0.2) is 0 Å². The molecule has 0 rings (SSSR count). The lowest BCUT2D eigenvalue weighted by atomic mass is 10.1. The Balaban J connectivity index is 4.17. The molecule has 34 heavy (non-hydrogen) atoms. The van der Waals surface area contributed by atoms with E-state index in [0.717, 1.165) is 19.3 Å². The molecule has 0 aromatic rings. The Labute approximate surface area is 208 Å². The van der Waals surface area contributed by atoms with Crippen LogP contribution in [0, 0.1) is 0 Å². The van der Waals surface area contributed by atoms with Gasteiger partial charge in [-0.3, -0.25) is 9.59 Å². The van der Waals surface area contributed by atoms with Crippen molar-refractivity contribution < 1.29 is 28.6 Å². The molecular formula is C27H51NO6. The summed E-state index contributed by atoms with van der Waals surface area (Å²) in [5.41, 5.74) is -0.652. The molecule has 0 aromatic carbocycles. The van der Waals surface area contributed by atoms with Crippen LogP contribution in [0.3, 0.4) is 0 Å². The van der Waals surface area contributed by atoms with Gasteiger partial charge in [-0.15, -0.1) is 0 Å². The van der Waals surface area contributed by atoms with E-state index in [4.69, 9.17) is 14.2 Å². The number of carbonyl (C=O) groups excluding carboxylic acids is 3. The molecule has 1 atom stereocenters. The van der Waals surface area contributed by atoms with Crippen molar-refractivity contribution >= 4 is 17.8 Å². The lowest BCUT2D eigenvalue weighted by Gasteiger charge is -2.24. The summed E-state index contributed by atoms with van der Waals surface area (Å²) in [6.45, 7) is 10.9. The fourth-order valence-electron chi connectivity index (χ4n) is 3.39. The van der Waals surface area contributed by atoms with Crippen molar-refractivity contribution in [2.75, 3.05) is 19.8 Å². The van der Waals surface area contributed by atoms with Crippen LogP contribution in [-0.4, -0.2) is 49.3 Å². The number of hydrogen-bond donors (Lipinski definition) is 1. The summed E-state index contributed by atoms with van der Waals surface area (Å²) in [4.78, 5) is 36.4. The van der Waals surface area contributed by atoms with Crippen molar-refractivity contribution in [1.82, 2.24) is 5.32 Å². The van der Waals surface area contributed by atoms with Crippen LogP contribution in [0.4, 0.5) is 0 Å². The largest absolute Gasteiger partial charge is 0.466 e. The average Bonchev–Trinajstić information content (AvgIpc) is 2.77. The summed E-state index contributed by atoms with van der Waals surface area (Å²) in [5, 5.41) is 2.69. The molecule has 200 valence electrons. The maximum absolute atomic E-state index is 12.5. The van der Waals surface area contributed by atoms with E-state index in [2.05, 4.69) is 12.2 Å². The van der Waals surface area contributed by atoms with Crippen LogP contribution in [0.25, 0.3) is 0 Å². The highest BCUT2D eigenvalue weighted by Gasteiger charge is 2.26. The molecule has 1 unspecified atom stereocenters. The van der Waals surface area contributed by atoms with Gasteiger partial charge in [-0.05, 0) is 33.6 Å². The average molecular weight is 486 g/mol. The monoisotopic (exact) mass is 485 g/mol. The van der Waals surface area contributed by atoms with Gasteiger partial charge in [0.05, 0.1) is 13.0 Å². The van der Waals surface area contributed by atoms with E-state index in [0.29, 0.717) is 26.2 Å². The van der Waals surface area contributed by atoms with Gasteiger partial charge in [0.25, 0.3) is 0 Å². The highest BCUT2D eigenvalue weighted by molar-refractivity contribution is 5.86. The van der Waals surface area contributed by atoms with E-state index in [1.807, 2.05) is 6.92 Å². The summed E-state index contributed by atoms with van der Waals surface area (Å²) in [7, 11) is 0. The number of esters is 2. The molecule has 7 heteroatoms. The number of nitrogens with one attached hydrogen (secondary N) is 1. The number of carbonyl (C=O) groups is 3. The first-order valence-corrected chi connectivity index (χ1v) is 13.4. The standard InChI is InChI=1S/C27H51NO6/c1-6-8-9-10-11-12-13-14-15-16-21-32-22-19-23(26(31)34-27(3,4)5)28-24(29)17-18-25(30)33-20-7-2/h23H,6-22H2,1-5H3,(H,28,29). The second-order valence-corrected chi connectivity index (χ2v) is 9.96. The lowest BCUT2D eigenvalue weighted by molar-refractivity contribution is -0.159. The number of rotatable bonds is 21. The molecule has 7 nitrogen and oxygen atoms in total. The first-order chi connectivity index (χ1) is 16.2. The van der Waals surface area contributed by atoms with Crippen LogP contribution < -0.4 is 5.32 Å². The lowest BCUT2D eigenvalue weighted by Crippen LogP contribution is -2.45. The van der Waals surface area contributed by atoms with Crippen molar-refractivity contribution in [2.45, 2.75) is 136 Å². The number of amides is 1. The molecule has 0 bridgehead atoms. The highest BCUT2D eigenvalue weighted by atomic mass is 16.6. The molecule has 0 aromatic heterocycles. The van der Waals surface area contributed by atoms with E-state index >= 15 is 0 Å². The zero-order chi connectivity index (χ0) is 25.7. The zero-order valence-corrected chi connectivity index (χ0v) is 22.5. The molecule has 0 aliphatic rings. The molecule has 0 saturated carbocycles. The zero-order valence-electron chi connectivity index (χ0n) is 22.5. The Morgan fingerprint density at radius 3 is 1.88 bits per heavy atom. The molecule has 0 aliphatic heterocycles. The third-order valence-corrected chi connectivity index (χ3v) is 5.24. The Bertz CT molecular complexity index is 544. The molecule has 0 radical (unpaired) electrons. The molecule has 0 aliphatic carbocycles. The van der Waals surface area contributed by atoms with Gasteiger partial charge in [0.2, 0.25) is 5.91 Å². The van der Waals surface area contributed by atoms with Gasteiger partial charge in [-0.1, -0.05) is 71.6 Å². The SMILES string of the molecule is CCCCCCCCCCCCOCCC(NC(=O)CCC(=O)OCCC)C(=O)OC(C)(C)C. The van der Waals surface area contributed by atoms with Crippen molar-refractivity contribution in [3.63, 3.8) is 0 Å². The minimum absolute atomic E-state index is 0.0118. The second kappa shape index (κ2) is 20.7. The molecule has 0 saturated heterocycles. The molecule has 0 heterocycles. The van der Waals surface area contributed by atoms with Gasteiger partial charge in [-0.2, -0.15) is 0 Å². The normalized spacial score (nSPS) is 12.3. The Kier molecular flexibility index (Phi) is 19.7.